The number of fused-ring (bicyclic) bond motifs is 3. The maximum absolute atomic E-state index is 12.7. The van der Waals surface area contributed by atoms with Gasteiger partial charge in [0.1, 0.15) is 10.7 Å². The lowest BCUT2D eigenvalue weighted by atomic mass is 9.89. The molecule has 1 atom stereocenters. The van der Waals surface area contributed by atoms with E-state index in [-0.39, 0.29) is 5.56 Å². The molecule has 2 aromatic rings. The Bertz CT molecular complexity index is 766. The van der Waals surface area contributed by atoms with Gasteiger partial charge in [-0.25, -0.2) is 4.98 Å². The number of nitriles is 1. The van der Waals surface area contributed by atoms with E-state index in [1.165, 1.54) is 10.4 Å². The molecule has 104 valence electrons. The van der Waals surface area contributed by atoms with Gasteiger partial charge in [0.2, 0.25) is 0 Å². The molecular formula is C15H17N3OS. The summed E-state index contributed by atoms with van der Waals surface area (Å²) < 4.78 is 1.65. The Morgan fingerprint density at radius 2 is 2.35 bits per heavy atom. The fourth-order valence-electron chi connectivity index (χ4n) is 2.95. The second kappa shape index (κ2) is 5.02. The average Bonchev–Trinajstić information content (AvgIpc) is 2.75. The lowest BCUT2D eigenvalue weighted by molar-refractivity contribution is 0.509. The van der Waals surface area contributed by atoms with Gasteiger partial charge in [-0.1, -0.05) is 6.92 Å². The quantitative estimate of drug-likeness (QED) is 0.853. The van der Waals surface area contributed by atoms with Crippen LogP contribution in [-0.2, 0) is 19.4 Å². The van der Waals surface area contributed by atoms with Gasteiger partial charge in [0.05, 0.1) is 17.9 Å². The van der Waals surface area contributed by atoms with Gasteiger partial charge in [0.25, 0.3) is 5.56 Å². The molecule has 0 radical (unpaired) electrons. The molecule has 0 N–H and O–H groups in total. The minimum atomic E-state index is 0.0369. The number of hydrogen-bond acceptors (Lipinski definition) is 4. The van der Waals surface area contributed by atoms with Crippen LogP contribution in [0, 0.1) is 24.2 Å². The van der Waals surface area contributed by atoms with Gasteiger partial charge in [-0.2, -0.15) is 5.26 Å². The molecular weight excluding hydrogens is 270 g/mol. The summed E-state index contributed by atoms with van der Waals surface area (Å²) in [6.07, 6.45) is 3.53. The summed E-state index contributed by atoms with van der Waals surface area (Å²) in [5, 5.41) is 9.53. The summed E-state index contributed by atoms with van der Waals surface area (Å²) in [5.41, 5.74) is 1.25. The van der Waals surface area contributed by atoms with Crippen molar-refractivity contribution in [3.63, 3.8) is 0 Å². The van der Waals surface area contributed by atoms with Crippen LogP contribution in [0.2, 0.25) is 0 Å². The zero-order valence-electron chi connectivity index (χ0n) is 11.8. The van der Waals surface area contributed by atoms with Crippen LogP contribution in [0.15, 0.2) is 4.79 Å². The molecule has 0 aliphatic heterocycles. The van der Waals surface area contributed by atoms with Crippen molar-refractivity contribution < 1.29 is 0 Å². The Labute approximate surface area is 121 Å². The summed E-state index contributed by atoms with van der Waals surface area (Å²) in [6.45, 7) is 4.54. The number of thiophene rings is 1. The predicted octanol–water partition coefficient (Wildman–Crippen LogP) is 2.80. The largest absolute Gasteiger partial charge is 0.295 e. The third kappa shape index (κ3) is 2.04. The van der Waals surface area contributed by atoms with E-state index in [1.807, 2.05) is 6.92 Å². The van der Waals surface area contributed by atoms with Crippen molar-refractivity contribution in [2.24, 2.45) is 5.92 Å². The molecule has 0 bridgehead atoms. The van der Waals surface area contributed by atoms with Crippen molar-refractivity contribution >= 4 is 21.6 Å². The molecule has 5 heteroatoms. The Morgan fingerprint density at radius 1 is 1.55 bits per heavy atom. The van der Waals surface area contributed by atoms with Gasteiger partial charge >= 0.3 is 0 Å². The van der Waals surface area contributed by atoms with Crippen molar-refractivity contribution in [2.45, 2.75) is 46.1 Å². The molecule has 0 fully saturated rings. The van der Waals surface area contributed by atoms with Gasteiger partial charge in [0, 0.05) is 11.4 Å². The smallest absolute Gasteiger partial charge is 0.262 e. The van der Waals surface area contributed by atoms with E-state index in [0.717, 1.165) is 29.5 Å². The Hall–Kier alpha value is -1.67. The van der Waals surface area contributed by atoms with E-state index < -0.39 is 0 Å². The molecule has 3 rings (SSSR count). The SMILES string of the molecule is Cc1nc2sc3c(c2c(=O)n1CCC#N)CCC(C)C3. The van der Waals surface area contributed by atoms with E-state index in [2.05, 4.69) is 18.0 Å². The zero-order valence-corrected chi connectivity index (χ0v) is 12.6. The van der Waals surface area contributed by atoms with E-state index in [0.29, 0.717) is 24.7 Å². The second-order valence-electron chi connectivity index (χ2n) is 5.56. The van der Waals surface area contributed by atoms with Crippen LogP contribution in [0.4, 0.5) is 0 Å². The van der Waals surface area contributed by atoms with Crippen molar-refractivity contribution in [3.05, 3.63) is 26.6 Å². The van der Waals surface area contributed by atoms with Crippen LogP contribution in [0.25, 0.3) is 10.2 Å². The minimum absolute atomic E-state index is 0.0369. The minimum Gasteiger partial charge on any atom is -0.295 e. The fraction of sp³-hybridized carbons (Fsp3) is 0.533. The first-order valence-electron chi connectivity index (χ1n) is 7.00. The first kappa shape index (κ1) is 13.3. The number of aromatic nitrogens is 2. The van der Waals surface area contributed by atoms with Crippen molar-refractivity contribution in [2.75, 3.05) is 0 Å². The van der Waals surface area contributed by atoms with Gasteiger partial charge in [-0.05, 0) is 37.7 Å². The zero-order chi connectivity index (χ0) is 14.3. The highest BCUT2D eigenvalue weighted by Crippen LogP contribution is 2.35. The van der Waals surface area contributed by atoms with Crippen LogP contribution in [0.3, 0.4) is 0 Å². The topological polar surface area (TPSA) is 58.7 Å². The van der Waals surface area contributed by atoms with Gasteiger partial charge in [-0.3, -0.25) is 9.36 Å². The molecule has 20 heavy (non-hydrogen) atoms. The van der Waals surface area contributed by atoms with Crippen molar-refractivity contribution in [1.29, 1.82) is 5.26 Å². The van der Waals surface area contributed by atoms with Gasteiger partial charge < -0.3 is 0 Å². The summed E-state index contributed by atoms with van der Waals surface area (Å²) in [7, 11) is 0. The van der Waals surface area contributed by atoms with E-state index in [1.54, 1.807) is 15.9 Å². The molecule has 2 heterocycles. The van der Waals surface area contributed by atoms with Gasteiger partial charge in [0.15, 0.2) is 0 Å². The predicted molar refractivity (Wildman–Crippen MR) is 80.0 cm³/mol. The van der Waals surface area contributed by atoms with Crippen LogP contribution in [0.5, 0.6) is 0 Å². The molecule has 1 aliphatic carbocycles. The highest BCUT2D eigenvalue weighted by Gasteiger charge is 2.23. The lowest BCUT2D eigenvalue weighted by Crippen LogP contribution is -2.24. The second-order valence-corrected chi connectivity index (χ2v) is 6.64. The van der Waals surface area contributed by atoms with Crippen LogP contribution in [0.1, 0.15) is 36.0 Å². The molecule has 0 saturated heterocycles. The Morgan fingerprint density at radius 3 is 3.10 bits per heavy atom. The molecule has 0 saturated carbocycles. The first-order valence-corrected chi connectivity index (χ1v) is 7.82. The number of rotatable bonds is 2. The third-order valence-electron chi connectivity index (χ3n) is 4.05. The van der Waals surface area contributed by atoms with Crippen molar-refractivity contribution in [3.8, 4) is 6.07 Å². The number of aryl methyl sites for hydroxylation is 2. The molecule has 1 aliphatic rings. The molecule has 2 aromatic heterocycles. The lowest BCUT2D eigenvalue weighted by Gasteiger charge is -2.17. The van der Waals surface area contributed by atoms with Crippen LogP contribution in [-0.4, -0.2) is 9.55 Å². The van der Waals surface area contributed by atoms with E-state index in [9.17, 15) is 4.79 Å². The number of nitrogens with zero attached hydrogens (tertiary/aromatic N) is 3. The van der Waals surface area contributed by atoms with Crippen LogP contribution >= 0.6 is 11.3 Å². The Kier molecular flexibility index (Phi) is 3.35. The highest BCUT2D eigenvalue weighted by molar-refractivity contribution is 7.18. The summed E-state index contributed by atoms with van der Waals surface area (Å²) in [4.78, 5) is 19.5. The number of hydrogen-bond donors (Lipinski definition) is 0. The van der Waals surface area contributed by atoms with Crippen LogP contribution < -0.4 is 5.56 Å². The third-order valence-corrected chi connectivity index (χ3v) is 5.20. The summed E-state index contributed by atoms with van der Waals surface area (Å²) >= 11 is 1.67. The molecule has 4 nitrogen and oxygen atoms in total. The molecule has 0 aromatic carbocycles. The standard InChI is InChI=1S/C15H17N3OS/c1-9-4-5-11-12(8-9)20-14-13(11)15(19)18(7-3-6-16)10(2)17-14/h9H,3-5,7-8H2,1-2H3. The maximum Gasteiger partial charge on any atom is 0.262 e. The van der Waals surface area contributed by atoms with E-state index in [4.69, 9.17) is 5.26 Å². The molecule has 0 amide bonds. The fourth-order valence-corrected chi connectivity index (χ4v) is 4.37. The molecule has 1 unspecified atom stereocenters. The van der Waals surface area contributed by atoms with Gasteiger partial charge in [-0.15, -0.1) is 11.3 Å². The summed E-state index contributed by atoms with van der Waals surface area (Å²) in [5.74, 6) is 1.40. The van der Waals surface area contributed by atoms with Crippen molar-refractivity contribution in [1.82, 2.24) is 9.55 Å². The van der Waals surface area contributed by atoms with E-state index >= 15 is 0 Å². The maximum atomic E-state index is 12.7. The molecule has 0 spiro atoms. The monoisotopic (exact) mass is 287 g/mol. The highest BCUT2D eigenvalue weighted by atomic mass is 32.1. The Balaban J connectivity index is 2.21. The summed E-state index contributed by atoms with van der Waals surface area (Å²) in [6, 6.07) is 2.10. The first-order chi connectivity index (χ1) is 9.61. The average molecular weight is 287 g/mol. The normalized spacial score (nSPS) is 17.9.